The molecule has 3 heteroatoms. The highest BCUT2D eigenvalue weighted by Crippen LogP contribution is 2.29. The zero-order chi connectivity index (χ0) is 11.2. The van der Waals surface area contributed by atoms with Crippen molar-refractivity contribution in [1.29, 1.82) is 0 Å². The SMILES string of the molecule is CCSC1CCC(NCC2CCC=CO2)C1. The Morgan fingerprint density at radius 1 is 1.38 bits per heavy atom. The molecule has 2 aliphatic rings. The average Bonchev–Trinajstić information content (AvgIpc) is 2.76. The molecule has 92 valence electrons. The summed E-state index contributed by atoms with van der Waals surface area (Å²) in [5, 5.41) is 4.57. The second-order valence-corrected chi connectivity index (χ2v) is 6.28. The van der Waals surface area contributed by atoms with E-state index < -0.39 is 0 Å². The number of rotatable bonds is 5. The van der Waals surface area contributed by atoms with Crippen LogP contribution in [0.25, 0.3) is 0 Å². The minimum atomic E-state index is 0.405. The molecule has 0 spiro atoms. The van der Waals surface area contributed by atoms with Gasteiger partial charge in [0.1, 0.15) is 6.10 Å². The summed E-state index contributed by atoms with van der Waals surface area (Å²) in [7, 11) is 0. The molecule has 2 nitrogen and oxygen atoms in total. The van der Waals surface area contributed by atoms with Crippen molar-refractivity contribution in [3.05, 3.63) is 12.3 Å². The molecule has 1 N–H and O–H groups in total. The zero-order valence-electron chi connectivity index (χ0n) is 10.2. The predicted molar refractivity (Wildman–Crippen MR) is 70.8 cm³/mol. The summed E-state index contributed by atoms with van der Waals surface area (Å²) in [6.07, 6.45) is 10.8. The fourth-order valence-electron chi connectivity index (χ4n) is 2.55. The Kier molecular flexibility index (Phi) is 5.04. The Morgan fingerprint density at radius 2 is 2.31 bits per heavy atom. The monoisotopic (exact) mass is 241 g/mol. The van der Waals surface area contributed by atoms with Crippen molar-refractivity contribution in [3.8, 4) is 0 Å². The second kappa shape index (κ2) is 6.55. The second-order valence-electron chi connectivity index (χ2n) is 4.70. The van der Waals surface area contributed by atoms with Gasteiger partial charge in [-0.15, -0.1) is 0 Å². The van der Waals surface area contributed by atoms with Gasteiger partial charge in [-0.25, -0.2) is 0 Å². The first kappa shape index (κ1) is 12.3. The minimum Gasteiger partial charge on any atom is -0.497 e. The van der Waals surface area contributed by atoms with E-state index in [-0.39, 0.29) is 0 Å². The summed E-state index contributed by atoms with van der Waals surface area (Å²) in [6, 6.07) is 0.735. The van der Waals surface area contributed by atoms with E-state index in [1.807, 2.05) is 6.26 Å². The van der Waals surface area contributed by atoms with Gasteiger partial charge in [0.25, 0.3) is 0 Å². The molecule has 1 aliphatic heterocycles. The van der Waals surface area contributed by atoms with Crippen LogP contribution in [-0.2, 0) is 4.74 Å². The third-order valence-corrected chi connectivity index (χ3v) is 4.68. The molecular weight excluding hydrogens is 218 g/mol. The topological polar surface area (TPSA) is 21.3 Å². The van der Waals surface area contributed by atoms with Crippen molar-refractivity contribution >= 4 is 11.8 Å². The van der Waals surface area contributed by atoms with E-state index in [1.165, 1.54) is 37.9 Å². The van der Waals surface area contributed by atoms with Gasteiger partial charge in [0.2, 0.25) is 0 Å². The highest BCUT2D eigenvalue weighted by Gasteiger charge is 2.24. The molecule has 1 heterocycles. The van der Waals surface area contributed by atoms with E-state index in [2.05, 4.69) is 30.1 Å². The molecule has 0 aromatic rings. The first-order chi connectivity index (χ1) is 7.88. The van der Waals surface area contributed by atoms with Crippen molar-refractivity contribution in [2.45, 2.75) is 56.4 Å². The average molecular weight is 241 g/mol. The summed E-state index contributed by atoms with van der Waals surface area (Å²) in [5.74, 6) is 1.26. The number of thioether (sulfide) groups is 1. The summed E-state index contributed by atoms with van der Waals surface area (Å²) in [6.45, 7) is 3.28. The standard InChI is InChI=1S/C13H23NOS/c1-2-16-13-7-6-11(9-13)14-10-12-5-3-4-8-15-12/h4,8,11-14H,2-3,5-7,9-10H2,1H3. The van der Waals surface area contributed by atoms with Crippen LogP contribution in [0.3, 0.4) is 0 Å². The fraction of sp³-hybridized carbons (Fsp3) is 0.846. The normalized spacial score (nSPS) is 33.9. The lowest BCUT2D eigenvalue weighted by Crippen LogP contribution is -2.35. The lowest BCUT2D eigenvalue weighted by molar-refractivity contribution is 0.119. The Morgan fingerprint density at radius 3 is 3.06 bits per heavy atom. The first-order valence-electron chi connectivity index (χ1n) is 6.54. The minimum absolute atomic E-state index is 0.405. The third-order valence-electron chi connectivity index (χ3n) is 3.44. The molecule has 0 saturated heterocycles. The van der Waals surface area contributed by atoms with Gasteiger partial charge in [0.15, 0.2) is 0 Å². The van der Waals surface area contributed by atoms with Crippen LogP contribution in [0.5, 0.6) is 0 Å². The van der Waals surface area contributed by atoms with Crippen molar-refractivity contribution < 1.29 is 4.74 Å². The van der Waals surface area contributed by atoms with Crippen molar-refractivity contribution in [2.24, 2.45) is 0 Å². The third kappa shape index (κ3) is 3.70. The Hall–Kier alpha value is -0.150. The number of allylic oxidation sites excluding steroid dienone is 1. The quantitative estimate of drug-likeness (QED) is 0.799. The van der Waals surface area contributed by atoms with Gasteiger partial charge < -0.3 is 10.1 Å². The molecule has 16 heavy (non-hydrogen) atoms. The Bertz CT molecular complexity index is 232. The van der Waals surface area contributed by atoms with Crippen LogP contribution in [0.2, 0.25) is 0 Å². The van der Waals surface area contributed by atoms with Crippen molar-refractivity contribution in [3.63, 3.8) is 0 Å². The van der Waals surface area contributed by atoms with E-state index in [4.69, 9.17) is 4.74 Å². The van der Waals surface area contributed by atoms with Gasteiger partial charge in [0, 0.05) is 17.8 Å². The smallest absolute Gasteiger partial charge is 0.110 e. The van der Waals surface area contributed by atoms with Gasteiger partial charge in [-0.3, -0.25) is 0 Å². The molecule has 3 unspecified atom stereocenters. The van der Waals surface area contributed by atoms with Crippen LogP contribution < -0.4 is 5.32 Å². The van der Waals surface area contributed by atoms with Gasteiger partial charge in [0.05, 0.1) is 6.26 Å². The van der Waals surface area contributed by atoms with E-state index in [9.17, 15) is 0 Å². The lowest BCUT2D eigenvalue weighted by Gasteiger charge is -2.22. The van der Waals surface area contributed by atoms with E-state index in [1.54, 1.807) is 0 Å². The molecule has 0 amide bonds. The van der Waals surface area contributed by atoms with Crippen molar-refractivity contribution in [1.82, 2.24) is 5.32 Å². The van der Waals surface area contributed by atoms with E-state index in [0.717, 1.165) is 17.8 Å². The molecule has 1 fully saturated rings. The van der Waals surface area contributed by atoms with Crippen LogP contribution in [0.15, 0.2) is 12.3 Å². The van der Waals surface area contributed by atoms with Gasteiger partial charge in [-0.05, 0) is 43.9 Å². The summed E-state index contributed by atoms with van der Waals surface area (Å²) >= 11 is 2.12. The predicted octanol–water partition coefficient (Wildman–Crippen LogP) is 2.94. The van der Waals surface area contributed by atoms with Gasteiger partial charge in [-0.2, -0.15) is 11.8 Å². The zero-order valence-corrected chi connectivity index (χ0v) is 11.0. The molecule has 0 bridgehead atoms. The summed E-state index contributed by atoms with van der Waals surface area (Å²) in [4.78, 5) is 0. The summed E-state index contributed by atoms with van der Waals surface area (Å²) < 4.78 is 5.56. The fourth-order valence-corrected chi connectivity index (χ4v) is 3.69. The molecule has 0 aromatic carbocycles. The largest absolute Gasteiger partial charge is 0.497 e. The first-order valence-corrected chi connectivity index (χ1v) is 7.58. The number of nitrogens with one attached hydrogen (secondary N) is 1. The van der Waals surface area contributed by atoms with E-state index in [0.29, 0.717) is 6.10 Å². The van der Waals surface area contributed by atoms with Crippen LogP contribution in [0.4, 0.5) is 0 Å². The summed E-state index contributed by atoms with van der Waals surface area (Å²) in [5.41, 5.74) is 0. The van der Waals surface area contributed by atoms with E-state index >= 15 is 0 Å². The molecule has 0 radical (unpaired) electrons. The van der Waals surface area contributed by atoms with Gasteiger partial charge in [-0.1, -0.05) is 6.92 Å². The molecule has 3 atom stereocenters. The number of hydrogen-bond acceptors (Lipinski definition) is 3. The van der Waals surface area contributed by atoms with Crippen LogP contribution in [0.1, 0.15) is 39.0 Å². The van der Waals surface area contributed by atoms with Gasteiger partial charge >= 0.3 is 0 Å². The lowest BCUT2D eigenvalue weighted by atomic mass is 10.1. The Balaban J connectivity index is 1.61. The molecule has 1 aliphatic carbocycles. The maximum Gasteiger partial charge on any atom is 0.110 e. The maximum absolute atomic E-state index is 5.56. The molecule has 2 rings (SSSR count). The van der Waals surface area contributed by atoms with Crippen LogP contribution in [-0.4, -0.2) is 29.7 Å². The van der Waals surface area contributed by atoms with Crippen LogP contribution >= 0.6 is 11.8 Å². The highest BCUT2D eigenvalue weighted by atomic mass is 32.2. The maximum atomic E-state index is 5.56. The Labute approximate surface area is 103 Å². The highest BCUT2D eigenvalue weighted by molar-refractivity contribution is 7.99. The van der Waals surface area contributed by atoms with Crippen LogP contribution in [0, 0.1) is 0 Å². The van der Waals surface area contributed by atoms with Crippen molar-refractivity contribution in [2.75, 3.05) is 12.3 Å². The number of hydrogen-bond donors (Lipinski definition) is 1. The molecule has 0 aromatic heterocycles. The molecular formula is C13H23NOS. The number of ether oxygens (including phenoxy) is 1. The molecule has 1 saturated carbocycles.